The number of halogens is 1. The topological polar surface area (TPSA) is 102 Å². The Hall–Kier alpha value is -2.97. The van der Waals surface area contributed by atoms with Crippen LogP contribution in [0.1, 0.15) is 10.4 Å². The van der Waals surface area contributed by atoms with Crippen molar-refractivity contribution in [2.75, 3.05) is 11.6 Å². The van der Waals surface area contributed by atoms with Gasteiger partial charge in [0.1, 0.15) is 0 Å². The Balaban J connectivity index is 1.51. The Kier molecular flexibility index (Phi) is 6.00. The molecule has 0 aliphatic carbocycles. The van der Waals surface area contributed by atoms with Crippen LogP contribution in [0.15, 0.2) is 66.0 Å². The third-order valence-corrected chi connectivity index (χ3v) is 4.74. The fourth-order valence-electron chi connectivity index (χ4n) is 2.20. The molecule has 1 aromatic heterocycles. The van der Waals surface area contributed by atoms with Crippen molar-refractivity contribution in [2.24, 2.45) is 0 Å². The number of thioether (sulfide) groups is 1. The molecule has 3 rings (SSSR count). The van der Waals surface area contributed by atoms with Crippen molar-refractivity contribution >= 4 is 35.2 Å². The van der Waals surface area contributed by atoms with Gasteiger partial charge < -0.3 is 5.84 Å². The number of aromatic nitrogens is 2. The lowest BCUT2D eigenvalue weighted by Crippen LogP contribution is -2.42. The lowest BCUT2D eigenvalue weighted by Gasteiger charge is -2.07. The van der Waals surface area contributed by atoms with E-state index in [-0.39, 0.29) is 11.7 Å². The molecule has 0 saturated heterocycles. The summed E-state index contributed by atoms with van der Waals surface area (Å²) in [7, 11) is 0. The van der Waals surface area contributed by atoms with Gasteiger partial charge >= 0.3 is 0 Å². The predicted octanol–water partition coefficient (Wildman–Crippen LogP) is 2.47. The van der Waals surface area contributed by atoms with E-state index in [4.69, 9.17) is 17.4 Å². The van der Waals surface area contributed by atoms with Gasteiger partial charge in [-0.1, -0.05) is 53.7 Å². The van der Waals surface area contributed by atoms with Crippen molar-refractivity contribution in [1.82, 2.24) is 20.5 Å². The lowest BCUT2D eigenvalue weighted by molar-refractivity contribution is -0.119. The lowest BCUT2D eigenvalue weighted by atomic mass is 10.2. The Bertz CT molecular complexity index is 944. The highest BCUT2D eigenvalue weighted by atomic mass is 35.5. The second-order valence-corrected chi connectivity index (χ2v) is 6.86. The van der Waals surface area contributed by atoms with Gasteiger partial charge in [0, 0.05) is 16.1 Å². The summed E-state index contributed by atoms with van der Waals surface area (Å²) in [6.45, 7) is 0. The highest BCUT2D eigenvalue weighted by molar-refractivity contribution is 7.99. The van der Waals surface area contributed by atoms with E-state index in [1.165, 1.54) is 16.4 Å². The van der Waals surface area contributed by atoms with Gasteiger partial charge in [0.15, 0.2) is 5.16 Å². The number of hydrogen-bond donors (Lipinski definition) is 3. The van der Waals surface area contributed by atoms with Crippen LogP contribution >= 0.6 is 23.4 Å². The van der Waals surface area contributed by atoms with Gasteiger partial charge in [0.05, 0.1) is 17.6 Å². The number of carbonyl (C=O) groups is 2. The minimum absolute atomic E-state index is 0.0450. The molecule has 0 atom stereocenters. The van der Waals surface area contributed by atoms with E-state index in [9.17, 15) is 9.59 Å². The summed E-state index contributed by atoms with van der Waals surface area (Å²) in [6, 6.07) is 15.9. The SMILES string of the molecule is Nn1cc(-c2ccccc2)nc1SCC(=O)NNC(=O)c1ccc(Cl)cc1. The first kappa shape index (κ1) is 18.8. The van der Waals surface area contributed by atoms with Crippen molar-refractivity contribution in [3.05, 3.63) is 71.4 Å². The van der Waals surface area contributed by atoms with Crippen molar-refractivity contribution in [2.45, 2.75) is 5.16 Å². The second kappa shape index (κ2) is 8.61. The van der Waals surface area contributed by atoms with E-state index in [1.54, 1.807) is 30.5 Å². The molecule has 4 N–H and O–H groups in total. The van der Waals surface area contributed by atoms with Crippen molar-refractivity contribution in [1.29, 1.82) is 0 Å². The number of nitrogens with two attached hydrogens (primary N) is 1. The number of hydrazine groups is 1. The van der Waals surface area contributed by atoms with Crippen LogP contribution in [-0.2, 0) is 4.79 Å². The standard InChI is InChI=1S/C18H16ClN5O2S/c19-14-8-6-13(7-9-14)17(26)23-22-16(25)11-27-18-21-15(10-24(18)20)12-4-2-1-3-5-12/h1-10H,11,20H2,(H,22,25)(H,23,26). The average molecular weight is 402 g/mol. The number of nitrogens with one attached hydrogen (secondary N) is 2. The third kappa shape index (κ3) is 5.02. The number of benzene rings is 2. The molecule has 0 fully saturated rings. The zero-order chi connectivity index (χ0) is 19.2. The van der Waals surface area contributed by atoms with E-state index in [0.29, 0.717) is 15.7 Å². The Morgan fingerprint density at radius 1 is 1.07 bits per heavy atom. The van der Waals surface area contributed by atoms with Crippen LogP contribution in [0.5, 0.6) is 0 Å². The maximum absolute atomic E-state index is 11.9. The molecule has 7 nitrogen and oxygen atoms in total. The molecule has 3 aromatic rings. The summed E-state index contributed by atoms with van der Waals surface area (Å²) >= 11 is 6.94. The molecule has 138 valence electrons. The van der Waals surface area contributed by atoms with Gasteiger partial charge in [0.25, 0.3) is 5.91 Å². The number of nitrogens with zero attached hydrogens (tertiary/aromatic N) is 2. The third-order valence-electron chi connectivity index (χ3n) is 3.52. The fraction of sp³-hybridized carbons (Fsp3) is 0.0556. The summed E-state index contributed by atoms with van der Waals surface area (Å²) in [5.74, 6) is 5.12. The summed E-state index contributed by atoms with van der Waals surface area (Å²) in [4.78, 5) is 28.3. The molecule has 1 heterocycles. The average Bonchev–Trinajstić information content (AvgIpc) is 3.06. The zero-order valence-electron chi connectivity index (χ0n) is 14.1. The molecular formula is C18H16ClN5O2S. The molecule has 0 bridgehead atoms. The summed E-state index contributed by atoms with van der Waals surface area (Å²) in [5.41, 5.74) is 6.74. The first-order valence-electron chi connectivity index (χ1n) is 7.90. The Morgan fingerprint density at radius 2 is 1.78 bits per heavy atom. The van der Waals surface area contributed by atoms with Crippen LogP contribution in [0.2, 0.25) is 5.02 Å². The van der Waals surface area contributed by atoms with Crippen LogP contribution in [-0.4, -0.2) is 27.2 Å². The maximum atomic E-state index is 11.9. The molecule has 0 unspecified atom stereocenters. The highest BCUT2D eigenvalue weighted by Crippen LogP contribution is 2.22. The molecule has 9 heteroatoms. The second-order valence-electron chi connectivity index (χ2n) is 5.48. The smallest absolute Gasteiger partial charge is 0.269 e. The molecule has 0 spiro atoms. The van der Waals surface area contributed by atoms with Crippen LogP contribution < -0.4 is 16.7 Å². The number of carbonyl (C=O) groups excluding carboxylic acids is 2. The fourth-order valence-corrected chi connectivity index (χ4v) is 3.02. The van der Waals surface area contributed by atoms with Crippen molar-refractivity contribution in [3.8, 4) is 11.3 Å². The monoisotopic (exact) mass is 401 g/mol. The Morgan fingerprint density at radius 3 is 2.48 bits per heavy atom. The van der Waals surface area contributed by atoms with E-state index in [2.05, 4.69) is 15.8 Å². The summed E-state index contributed by atoms with van der Waals surface area (Å²) in [5, 5.41) is 1.02. The van der Waals surface area contributed by atoms with Crippen LogP contribution in [0.25, 0.3) is 11.3 Å². The van der Waals surface area contributed by atoms with Crippen molar-refractivity contribution in [3.63, 3.8) is 0 Å². The number of hydrogen-bond acceptors (Lipinski definition) is 5. The van der Waals surface area contributed by atoms with Crippen LogP contribution in [0.4, 0.5) is 0 Å². The van der Waals surface area contributed by atoms with Gasteiger partial charge in [-0.2, -0.15) is 0 Å². The quantitative estimate of drug-likeness (QED) is 0.346. The molecule has 0 aliphatic heterocycles. The molecule has 0 aliphatic rings. The van der Waals surface area contributed by atoms with Gasteiger partial charge in [0.2, 0.25) is 5.91 Å². The summed E-state index contributed by atoms with van der Waals surface area (Å²) < 4.78 is 1.37. The van der Waals surface area contributed by atoms with Gasteiger partial charge in [-0.05, 0) is 24.3 Å². The van der Waals surface area contributed by atoms with E-state index < -0.39 is 5.91 Å². The van der Waals surface area contributed by atoms with Gasteiger partial charge in [-0.3, -0.25) is 20.4 Å². The largest absolute Gasteiger partial charge is 0.337 e. The normalized spacial score (nSPS) is 10.4. The van der Waals surface area contributed by atoms with Crippen LogP contribution in [0, 0.1) is 0 Å². The number of imidazole rings is 1. The van der Waals surface area contributed by atoms with Gasteiger partial charge in [-0.15, -0.1) is 0 Å². The van der Waals surface area contributed by atoms with Crippen LogP contribution in [0.3, 0.4) is 0 Å². The zero-order valence-corrected chi connectivity index (χ0v) is 15.6. The van der Waals surface area contributed by atoms with E-state index >= 15 is 0 Å². The van der Waals surface area contributed by atoms with Gasteiger partial charge in [-0.25, -0.2) is 9.66 Å². The van der Waals surface area contributed by atoms with E-state index in [1.807, 2.05) is 30.3 Å². The highest BCUT2D eigenvalue weighted by Gasteiger charge is 2.12. The number of amides is 2. The first-order valence-corrected chi connectivity index (χ1v) is 9.27. The molecular weight excluding hydrogens is 386 g/mol. The molecule has 2 aromatic carbocycles. The van der Waals surface area contributed by atoms with E-state index in [0.717, 1.165) is 11.3 Å². The number of rotatable bonds is 5. The van der Waals surface area contributed by atoms with Crippen molar-refractivity contribution < 1.29 is 9.59 Å². The molecule has 27 heavy (non-hydrogen) atoms. The molecule has 0 radical (unpaired) electrons. The minimum atomic E-state index is -0.434. The first-order chi connectivity index (χ1) is 13.0. The minimum Gasteiger partial charge on any atom is -0.337 e. The Labute approximate surface area is 164 Å². The maximum Gasteiger partial charge on any atom is 0.269 e. The number of nitrogen functional groups attached to an aromatic ring is 1. The molecule has 0 saturated carbocycles. The summed E-state index contributed by atoms with van der Waals surface area (Å²) in [6.07, 6.45) is 1.69. The molecule has 2 amide bonds. The predicted molar refractivity (Wildman–Crippen MR) is 106 cm³/mol.